The topological polar surface area (TPSA) is 68.3 Å². The predicted octanol–water partition coefficient (Wildman–Crippen LogP) is 2.28. The molecule has 0 spiro atoms. The van der Waals surface area contributed by atoms with Crippen LogP contribution >= 0.6 is 0 Å². The summed E-state index contributed by atoms with van der Waals surface area (Å²) in [7, 11) is 1.64. The molecule has 0 saturated carbocycles. The SMILES string of the molecule is CCCCOCCNc1cc(NCC)nc(COC)n1. The van der Waals surface area contributed by atoms with E-state index in [1.807, 2.05) is 13.0 Å². The maximum Gasteiger partial charge on any atom is 0.158 e. The van der Waals surface area contributed by atoms with Crippen LogP contribution in [-0.4, -0.2) is 43.4 Å². The summed E-state index contributed by atoms with van der Waals surface area (Å²) in [6.07, 6.45) is 2.27. The van der Waals surface area contributed by atoms with Gasteiger partial charge >= 0.3 is 0 Å². The molecule has 0 radical (unpaired) electrons. The molecule has 1 heterocycles. The molecule has 0 fully saturated rings. The lowest BCUT2D eigenvalue weighted by Crippen LogP contribution is -2.13. The van der Waals surface area contributed by atoms with Gasteiger partial charge in [0.05, 0.1) is 6.61 Å². The van der Waals surface area contributed by atoms with Gasteiger partial charge < -0.3 is 20.1 Å². The number of nitrogens with zero attached hydrogens (tertiary/aromatic N) is 2. The Balaban J connectivity index is 2.46. The Labute approximate surface area is 121 Å². The number of methoxy groups -OCH3 is 1. The summed E-state index contributed by atoms with van der Waals surface area (Å²) in [4.78, 5) is 8.76. The molecule has 0 aliphatic rings. The van der Waals surface area contributed by atoms with Gasteiger partial charge in [-0.2, -0.15) is 0 Å². The number of hydrogen-bond donors (Lipinski definition) is 2. The lowest BCUT2D eigenvalue weighted by Gasteiger charge is -2.10. The van der Waals surface area contributed by atoms with Gasteiger partial charge in [-0.05, 0) is 13.3 Å². The van der Waals surface area contributed by atoms with E-state index in [0.717, 1.165) is 44.2 Å². The number of aromatic nitrogens is 2. The van der Waals surface area contributed by atoms with Crippen LogP contribution in [0, 0.1) is 0 Å². The van der Waals surface area contributed by atoms with Crippen molar-refractivity contribution in [1.29, 1.82) is 0 Å². The monoisotopic (exact) mass is 282 g/mol. The fraction of sp³-hybridized carbons (Fsp3) is 0.714. The van der Waals surface area contributed by atoms with Crippen LogP contribution in [0.3, 0.4) is 0 Å². The minimum Gasteiger partial charge on any atom is -0.380 e. The van der Waals surface area contributed by atoms with E-state index in [1.54, 1.807) is 7.11 Å². The lowest BCUT2D eigenvalue weighted by molar-refractivity contribution is 0.141. The van der Waals surface area contributed by atoms with E-state index in [4.69, 9.17) is 9.47 Å². The molecule has 0 amide bonds. The maximum atomic E-state index is 5.51. The highest BCUT2D eigenvalue weighted by Crippen LogP contribution is 2.11. The van der Waals surface area contributed by atoms with Gasteiger partial charge in [-0.1, -0.05) is 13.3 Å². The minimum atomic E-state index is 0.404. The largest absolute Gasteiger partial charge is 0.380 e. The third-order valence-corrected chi connectivity index (χ3v) is 2.60. The molecule has 0 unspecified atom stereocenters. The van der Waals surface area contributed by atoms with Gasteiger partial charge in [0.25, 0.3) is 0 Å². The van der Waals surface area contributed by atoms with E-state index >= 15 is 0 Å². The van der Waals surface area contributed by atoms with Crippen molar-refractivity contribution in [3.8, 4) is 0 Å². The quantitative estimate of drug-likeness (QED) is 0.607. The smallest absolute Gasteiger partial charge is 0.158 e. The van der Waals surface area contributed by atoms with Crippen molar-refractivity contribution >= 4 is 11.6 Å². The molecule has 0 aliphatic carbocycles. The standard InChI is InChI=1S/C14H26N4O2/c1-4-6-8-20-9-7-16-13-10-12(15-5-2)17-14(18-13)11-19-3/h10H,4-9,11H2,1-3H3,(H2,15,16,17,18). The molecule has 1 rings (SSSR count). The summed E-state index contributed by atoms with van der Waals surface area (Å²) in [5.41, 5.74) is 0. The van der Waals surface area contributed by atoms with Crippen LogP contribution in [0.1, 0.15) is 32.5 Å². The third kappa shape index (κ3) is 6.68. The summed E-state index contributed by atoms with van der Waals surface area (Å²) >= 11 is 0. The summed E-state index contributed by atoms with van der Waals surface area (Å²) in [5, 5.41) is 6.43. The molecular weight excluding hydrogens is 256 g/mol. The summed E-state index contributed by atoms with van der Waals surface area (Å²) in [5.74, 6) is 2.27. The molecule has 0 aromatic carbocycles. The van der Waals surface area contributed by atoms with Gasteiger partial charge in [0.15, 0.2) is 5.82 Å². The Hall–Kier alpha value is -1.40. The Morgan fingerprint density at radius 3 is 2.50 bits per heavy atom. The maximum absolute atomic E-state index is 5.51. The first-order chi connectivity index (χ1) is 9.80. The van der Waals surface area contributed by atoms with E-state index in [2.05, 4.69) is 27.5 Å². The average molecular weight is 282 g/mol. The van der Waals surface area contributed by atoms with Gasteiger partial charge in [0, 0.05) is 32.9 Å². The van der Waals surface area contributed by atoms with Crippen molar-refractivity contribution in [1.82, 2.24) is 9.97 Å². The first kappa shape index (κ1) is 16.7. The van der Waals surface area contributed by atoms with Gasteiger partial charge in [-0.25, -0.2) is 9.97 Å². The molecule has 2 N–H and O–H groups in total. The second-order valence-corrected chi connectivity index (χ2v) is 4.41. The first-order valence-electron chi connectivity index (χ1n) is 7.22. The predicted molar refractivity (Wildman–Crippen MR) is 81.1 cm³/mol. The zero-order valence-corrected chi connectivity index (χ0v) is 12.7. The number of hydrogen-bond acceptors (Lipinski definition) is 6. The summed E-state index contributed by atoms with van der Waals surface area (Å²) in [6.45, 7) is 7.65. The van der Waals surface area contributed by atoms with Crippen molar-refractivity contribution in [3.05, 3.63) is 11.9 Å². The lowest BCUT2D eigenvalue weighted by atomic mass is 10.4. The van der Waals surface area contributed by atoms with Crippen LogP contribution in [0.5, 0.6) is 0 Å². The van der Waals surface area contributed by atoms with Gasteiger partial charge in [0.1, 0.15) is 18.2 Å². The molecule has 6 heteroatoms. The molecule has 1 aromatic rings. The van der Waals surface area contributed by atoms with Crippen molar-refractivity contribution in [2.24, 2.45) is 0 Å². The van der Waals surface area contributed by atoms with E-state index < -0.39 is 0 Å². The fourth-order valence-corrected chi connectivity index (χ4v) is 1.65. The third-order valence-electron chi connectivity index (χ3n) is 2.60. The minimum absolute atomic E-state index is 0.404. The van der Waals surface area contributed by atoms with E-state index in [0.29, 0.717) is 19.0 Å². The zero-order valence-electron chi connectivity index (χ0n) is 12.7. The van der Waals surface area contributed by atoms with Crippen LogP contribution in [0.25, 0.3) is 0 Å². The van der Waals surface area contributed by atoms with Crippen LogP contribution in [0.4, 0.5) is 11.6 Å². The van der Waals surface area contributed by atoms with Crippen molar-refractivity contribution in [2.45, 2.75) is 33.3 Å². The van der Waals surface area contributed by atoms with Crippen LogP contribution in [-0.2, 0) is 16.1 Å². The Kier molecular flexibility index (Phi) is 8.66. The molecule has 0 aliphatic heterocycles. The number of ether oxygens (including phenoxy) is 2. The normalized spacial score (nSPS) is 10.6. The molecule has 114 valence electrons. The van der Waals surface area contributed by atoms with E-state index in [1.165, 1.54) is 0 Å². The second-order valence-electron chi connectivity index (χ2n) is 4.41. The van der Waals surface area contributed by atoms with Crippen molar-refractivity contribution in [3.63, 3.8) is 0 Å². The van der Waals surface area contributed by atoms with Crippen molar-refractivity contribution < 1.29 is 9.47 Å². The second kappa shape index (κ2) is 10.4. The van der Waals surface area contributed by atoms with Gasteiger partial charge in [-0.3, -0.25) is 0 Å². The zero-order chi connectivity index (χ0) is 14.6. The number of unbranched alkanes of at least 4 members (excludes halogenated alkanes) is 1. The highest BCUT2D eigenvalue weighted by Gasteiger charge is 2.03. The molecule has 20 heavy (non-hydrogen) atoms. The average Bonchev–Trinajstić information content (AvgIpc) is 2.43. The summed E-state index contributed by atoms with van der Waals surface area (Å²) in [6, 6.07) is 1.90. The molecule has 0 atom stereocenters. The highest BCUT2D eigenvalue weighted by atomic mass is 16.5. The Morgan fingerprint density at radius 2 is 1.85 bits per heavy atom. The molecule has 1 aromatic heterocycles. The van der Waals surface area contributed by atoms with Gasteiger partial charge in [-0.15, -0.1) is 0 Å². The molecular formula is C14H26N4O2. The Bertz CT molecular complexity index is 350. The first-order valence-corrected chi connectivity index (χ1v) is 7.22. The number of rotatable bonds is 11. The van der Waals surface area contributed by atoms with Crippen LogP contribution < -0.4 is 10.6 Å². The fourth-order valence-electron chi connectivity index (χ4n) is 1.65. The highest BCUT2D eigenvalue weighted by molar-refractivity contribution is 5.47. The molecule has 0 bridgehead atoms. The number of nitrogens with one attached hydrogen (secondary N) is 2. The van der Waals surface area contributed by atoms with Crippen molar-refractivity contribution in [2.75, 3.05) is 44.0 Å². The van der Waals surface area contributed by atoms with Crippen LogP contribution in [0.2, 0.25) is 0 Å². The van der Waals surface area contributed by atoms with Crippen LogP contribution in [0.15, 0.2) is 6.07 Å². The van der Waals surface area contributed by atoms with E-state index in [9.17, 15) is 0 Å². The van der Waals surface area contributed by atoms with Gasteiger partial charge in [0.2, 0.25) is 0 Å². The molecule has 6 nitrogen and oxygen atoms in total. The Morgan fingerprint density at radius 1 is 1.10 bits per heavy atom. The number of anilines is 2. The molecule has 0 saturated heterocycles. The summed E-state index contributed by atoms with van der Waals surface area (Å²) < 4.78 is 10.6. The van der Waals surface area contributed by atoms with E-state index in [-0.39, 0.29) is 0 Å².